The van der Waals surface area contributed by atoms with Crippen molar-refractivity contribution in [3.8, 4) is 6.07 Å². The molecule has 1 saturated heterocycles. The van der Waals surface area contributed by atoms with E-state index in [0.29, 0.717) is 47.4 Å². The summed E-state index contributed by atoms with van der Waals surface area (Å²) >= 11 is 12.1. The molecule has 0 aliphatic carbocycles. The SMILES string of the molecule is Cc1c(Cl)cnc(N2CCC(O)(Cc3cccc(Cl)c3)C2)c1C#N. The van der Waals surface area contributed by atoms with Crippen LogP contribution < -0.4 is 4.90 Å². The summed E-state index contributed by atoms with van der Waals surface area (Å²) in [4.78, 5) is 6.27. The molecule has 1 N–H and O–H groups in total. The summed E-state index contributed by atoms with van der Waals surface area (Å²) in [5, 5.41) is 21.5. The molecule has 1 aromatic carbocycles. The molecular formula is C18H17Cl2N3O. The van der Waals surface area contributed by atoms with Crippen LogP contribution in [0, 0.1) is 18.3 Å². The molecule has 1 aromatic heterocycles. The first-order chi connectivity index (χ1) is 11.4. The summed E-state index contributed by atoms with van der Waals surface area (Å²) < 4.78 is 0. The number of hydrogen-bond acceptors (Lipinski definition) is 4. The third kappa shape index (κ3) is 3.34. The fraction of sp³-hybridized carbons (Fsp3) is 0.333. The fourth-order valence-corrected chi connectivity index (χ4v) is 3.50. The van der Waals surface area contributed by atoms with Crippen LogP contribution in [-0.2, 0) is 6.42 Å². The Hall–Kier alpha value is -1.80. The van der Waals surface area contributed by atoms with Gasteiger partial charge in [0.05, 0.1) is 16.2 Å². The first-order valence-electron chi connectivity index (χ1n) is 7.69. The van der Waals surface area contributed by atoms with Crippen molar-refractivity contribution in [3.05, 3.63) is 57.2 Å². The Kier molecular flexibility index (Phi) is 4.69. The summed E-state index contributed by atoms with van der Waals surface area (Å²) in [6.07, 6.45) is 2.67. The summed E-state index contributed by atoms with van der Waals surface area (Å²) in [5.74, 6) is 0.585. The molecule has 0 bridgehead atoms. The van der Waals surface area contributed by atoms with Gasteiger partial charge in [0.1, 0.15) is 11.9 Å². The second kappa shape index (κ2) is 6.60. The molecule has 2 heterocycles. The minimum atomic E-state index is -0.868. The van der Waals surface area contributed by atoms with Gasteiger partial charge in [-0.1, -0.05) is 35.3 Å². The van der Waals surface area contributed by atoms with Crippen LogP contribution in [0.4, 0.5) is 5.82 Å². The molecule has 1 fully saturated rings. The van der Waals surface area contributed by atoms with Gasteiger partial charge in [-0.05, 0) is 36.6 Å². The van der Waals surface area contributed by atoms with Crippen molar-refractivity contribution in [2.24, 2.45) is 0 Å². The van der Waals surface area contributed by atoms with E-state index in [-0.39, 0.29) is 0 Å². The smallest absolute Gasteiger partial charge is 0.146 e. The standard InChI is InChI=1S/C18H17Cl2N3O/c1-12-15(9-21)17(22-10-16(12)20)23-6-5-18(24,11-23)8-13-3-2-4-14(19)7-13/h2-4,7,10,24H,5-6,8,11H2,1H3. The lowest BCUT2D eigenvalue weighted by Gasteiger charge is -2.25. The minimum absolute atomic E-state index is 0.419. The Morgan fingerprint density at radius 1 is 1.42 bits per heavy atom. The number of rotatable bonds is 3. The first kappa shape index (κ1) is 17.0. The molecule has 0 spiro atoms. The fourth-order valence-electron chi connectivity index (χ4n) is 3.15. The molecule has 2 aromatic rings. The van der Waals surface area contributed by atoms with Crippen LogP contribution in [0.5, 0.6) is 0 Å². The van der Waals surface area contributed by atoms with E-state index < -0.39 is 5.60 Å². The maximum absolute atomic E-state index is 10.9. The zero-order valence-electron chi connectivity index (χ0n) is 13.3. The molecule has 24 heavy (non-hydrogen) atoms. The van der Waals surface area contributed by atoms with E-state index in [2.05, 4.69) is 11.1 Å². The van der Waals surface area contributed by atoms with Crippen molar-refractivity contribution in [2.45, 2.75) is 25.4 Å². The molecule has 1 aliphatic rings. The summed E-state index contributed by atoms with van der Waals surface area (Å²) in [6, 6.07) is 9.70. The van der Waals surface area contributed by atoms with Crippen LogP contribution in [0.1, 0.15) is 23.1 Å². The van der Waals surface area contributed by atoms with E-state index in [1.54, 1.807) is 13.1 Å². The Balaban J connectivity index is 1.83. The molecule has 1 atom stereocenters. The molecular weight excluding hydrogens is 345 g/mol. The quantitative estimate of drug-likeness (QED) is 0.903. The first-order valence-corrected chi connectivity index (χ1v) is 8.44. The number of aromatic nitrogens is 1. The normalized spacial score (nSPS) is 20.2. The highest BCUT2D eigenvalue weighted by atomic mass is 35.5. The van der Waals surface area contributed by atoms with E-state index >= 15 is 0 Å². The number of hydrogen-bond donors (Lipinski definition) is 1. The predicted octanol–water partition coefficient (Wildman–Crippen LogP) is 3.75. The van der Waals surface area contributed by atoms with Crippen LogP contribution in [0.3, 0.4) is 0 Å². The maximum atomic E-state index is 10.9. The van der Waals surface area contributed by atoms with Gasteiger partial charge in [-0.2, -0.15) is 5.26 Å². The maximum Gasteiger partial charge on any atom is 0.146 e. The number of anilines is 1. The number of β-amino-alcohol motifs (C(OH)–C–C–N with tert-alkyl or cyclic N) is 1. The Bertz CT molecular complexity index is 818. The van der Waals surface area contributed by atoms with Crippen LogP contribution in [0.2, 0.25) is 10.0 Å². The molecule has 6 heteroatoms. The van der Waals surface area contributed by atoms with Crippen LogP contribution in [0.25, 0.3) is 0 Å². The summed E-state index contributed by atoms with van der Waals surface area (Å²) in [5.41, 5.74) is 1.31. The van der Waals surface area contributed by atoms with Gasteiger partial charge in [0.15, 0.2) is 0 Å². The van der Waals surface area contributed by atoms with Crippen molar-refractivity contribution in [1.82, 2.24) is 4.98 Å². The molecule has 3 rings (SSSR count). The number of pyridine rings is 1. The van der Waals surface area contributed by atoms with Crippen LogP contribution in [0.15, 0.2) is 30.5 Å². The van der Waals surface area contributed by atoms with Crippen LogP contribution >= 0.6 is 23.2 Å². The van der Waals surface area contributed by atoms with E-state index in [1.165, 1.54) is 0 Å². The van der Waals surface area contributed by atoms with Crippen molar-refractivity contribution in [2.75, 3.05) is 18.0 Å². The Morgan fingerprint density at radius 3 is 2.92 bits per heavy atom. The Morgan fingerprint density at radius 2 is 2.21 bits per heavy atom. The number of benzene rings is 1. The zero-order valence-corrected chi connectivity index (χ0v) is 14.8. The summed E-state index contributed by atoms with van der Waals surface area (Å²) in [7, 11) is 0. The van der Waals surface area contributed by atoms with Gasteiger partial charge in [0.25, 0.3) is 0 Å². The number of halogens is 2. The third-order valence-corrected chi connectivity index (χ3v) is 5.04. The Labute approximate surface area is 151 Å². The third-order valence-electron chi connectivity index (χ3n) is 4.42. The van der Waals surface area contributed by atoms with Gasteiger partial charge >= 0.3 is 0 Å². The molecule has 1 aliphatic heterocycles. The minimum Gasteiger partial charge on any atom is -0.388 e. The predicted molar refractivity (Wildman–Crippen MR) is 95.6 cm³/mol. The molecule has 124 valence electrons. The van der Waals surface area contributed by atoms with Gasteiger partial charge in [-0.25, -0.2) is 4.98 Å². The largest absolute Gasteiger partial charge is 0.388 e. The lowest BCUT2D eigenvalue weighted by molar-refractivity contribution is 0.0637. The van der Waals surface area contributed by atoms with Crippen molar-refractivity contribution in [1.29, 1.82) is 5.26 Å². The summed E-state index contributed by atoms with van der Waals surface area (Å²) in [6.45, 7) is 2.86. The van der Waals surface area contributed by atoms with E-state index in [4.69, 9.17) is 23.2 Å². The zero-order chi connectivity index (χ0) is 17.3. The van der Waals surface area contributed by atoms with Gasteiger partial charge < -0.3 is 10.0 Å². The lowest BCUT2D eigenvalue weighted by atomic mass is 9.94. The van der Waals surface area contributed by atoms with Crippen LogP contribution in [-0.4, -0.2) is 28.8 Å². The van der Waals surface area contributed by atoms with Gasteiger partial charge in [-0.3, -0.25) is 0 Å². The van der Waals surface area contributed by atoms with E-state index in [9.17, 15) is 10.4 Å². The highest BCUT2D eigenvalue weighted by molar-refractivity contribution is 6.31. The number of nitrogens with zero attached hydrogens (tertiary/aromatic N) is 3. The second-order valence-electron chi connectivity index (χ2n) is 6.24. The number of nitriles is 1. The average Bonchev–Trinajstić information content (AvgIpc) is 2.91. The van der Waals surface area contributed by atoms with Gasteiger partial charge in [-0.15, -0.1) is 0 Å². The average molecular weight is 362 g/mol. The highest BCUT2D eigenvalue weighted by Crippen LogP contribution is 2.33. The lowest BCUT2D eigenvalue weighted by Crippen LogP contribution is -2.36. The molecule has 0 radical (unpaired) electrons. The molecule has 1 unspecified atom stereocenters. The topological polar surface area (TPSA) is 60.1 Å². The molecule has 0 amide bonds. The van der Waals surface area contributed by atoms with Gasteiger partial charge in [0.2, 0.25) is 0 Å². The van der Waals surface area contributed by atoms with E-state index in [1.807, 2.05) is 29.2 Å². The monoisotopic (exact) mass is 361 g/mol. The van der Waals surface area contributed by atoms with E-state index in [0.717, 1.165) is 11.1 Å². The van der Waals surface area contributed by atoms with Crippen molar-refractivity contribution in [3.63, 3.8) is 0 Å². The second-order valence-corrected chi connectivity index (χ2v) is 7.09. The molecule has 4 nitrogen and oxygen atoms in total. The van der Waals surface area contributed by atoms with Crippen molar-refractivity contribution >= 4 is 29.0 Å². The highest BCUT2D eigenvalue weighted by Gasteiger charge is 2.37. The number of aliphatic hydroxyl groups is 1. The van der Waals surface area contributed by atoms with Crippen molar-refractivity contribution < 1.29 is 5.11 Å². The van der Waals surface area contributed by atoms with Gasteiger partial charge in [0, 0.05) is 30.7 Å². The molecule has 0 saturated carbocycles.